The molecule has 0 aliphatic carbocycles. The Labute approximate surface area is 197 Å². The normalized spacial score (nSPS) is 10.4. The molecule has 0 aromatic heterocycles. The van der Waals surface area contributed by atoms with Crippen molar-refractivity contribution >= 4 is 26.5 Å². The summed E-state index contributed by atoms with van der Waals surface area (Å²) >= 11 is -0.826. The zero-order valence-electron chi connectivity index (χ0n) is 19.7. The fraction of sp³-hybridized carbons (Fsp3) is 0.583. The van der Waals surface area contributed by atoms with Gasteiger partial charge < -0.3 is 0 Å². The quantitative estimate of drug-likeness (QED) is 0.276. The number of halogens is 2. The third-order valence-corrected chi connectivity index (χ3v) is 4.18. The van der Waals surface area contributed by atoms with Gasteiger partial charge in [-0.25, -0.2) is 12.1 Å². The van der Waals surface area contributed by atoms with Gasteiger partial charge in [-0.3, -0.25) is 0 Å². The zero-order valence-corrected chi connectivity index (χ0v) is 24.8. The third kappa shape index (κ3) is 14.4. The molecule has 0 heterocycles. The second-order valence-corrected chi connectivity index (χ2v) is 13.8. The average Bonchev–Trinajstić information content (AvgIpc) is 3.25. The third-order valence-electron chi connectivity index (χ3n) is 4.18. The van der Waals surface area contributed by atoms with Gasteiger partial charge in [0.05, 0.1) is 0 Å². The molecule has 0 atom stereocenters. The van der Waals surface area contributed by atoms with E-state index in [0.29, 0.717) is 10.8 Å². The van der Waals surface area contributed by atoms with Gasteiger partial charge in [0.2, 0.25) is 0 Å². The van der Waals surface area contributed by atoms with E-state index in [1.807, 2.05) is 0 Å². The zero-order chi connectivity index (χ0) is 22.4. The van der Waals surface area contributed by atoms with Crippen molar-refractivity contribution in [3.63, 3.8) is 0 Å². The minimum absolute atomic E-state index is 0.313. The second kappa shape index (κ2) is 16.1. The van der Waals surface area contributed by atoms with Crippen LogP contribution in [0.3, 0.4) is 0 Å². The molecule has 2 aromatic rings. The molecule has 4 heteroatoms. The van der Waals surface area contributed by atoms with Gasteiger partial charge in [-0.2, -0.15) is 46.5 Å². The van der Waals surface area contributed by atoms with E-state index in [2.05, 4.69) is 105 Å². The van der Waals surface area contributed by atoms with E-state index in [9.17, 15) is 0 Å². The van der Waals surface area contributed by atoms with Crippen LogP contribution in [0.5, 0.6) is 0 Å². The molecule has 0 spiro atoms. The Morgan fingerprint density at radius 3 is 1.14 bits per heavy atom. The van der Waals surface area contributed by atoms with E-state index in [0.717, 1.165) is 22.4 Å². The van der Waals surface area contributed by atoms with Crippen LogP contribution in [0.15, 0.2) is 36.4 Å². The first-order valence-corrected chi connectivity index (χ1v) is 18.8. The summed E-state index contributed by atoms with van der Waals surface area (Å²) in [6.45, 7) is 22.3. The molecular formula is C24H41Cl2SiZr. The van der Waals surface area contributed by atoms with Gasteiger partial charge in [-0.1, -0.05) is 92.2 Å². The van der Waals surface area contributed by atoms with Crippen LogP contribution in [0.4, 0.5) is 0 Å². The molecule has 0 unspecified atom stereocenters. The molecule has 0 fully saturated rings. The Morgan fingerprint density at radius 2 is 1.04 bits per heavy atom. The molecule has 0 nitrogen and oxygen atoms in total. The van der Waals surface area contributed by atoms with Gasteiger partial charge in [0.25, 0.3) is 0 Å². The van der Waals surface area contributed by atoms with Crippen LogP contribution in [0.1, 0.15) is 77.6 Å². The predicted molar refractivity (Wildman–Crippen MR) is 131 cm³/mol. The molecule has 2 rings (SSSR count). The Bertz CT molecular complexity index is 546. The monoisotopic (exact) mass is 517 g/mol. The van der Waals surface area contributed by atoms with E-state index in [4.69, 9.17) is 17.0 Å². The van der Waals surface area contributed by atoms with Gasteiger partial charge in [-0.15, -0.1) is 0 Å². The first kappa shape index (κ1) is 30.6. The minimum atomic E-state index is -0.826. The van der Waals surface area contributed by atoms with Crippen LogP contribution < -0.4 is 0 Å². The van der Waals surface area contributed by atoms with Crippen molar-refractivity contribution < 1.29 is 20.8 Å². The van der Waals surface area contributed by atoms with Crippen molar-refractivity contribution in [2.75, 3.05) is 0 Å². The molecule has 0 N–H and O–H groups in total. The summed E-state index contributed by atoms with van der Waals surface area (Å²) in [5.41, 5.74) is 6.44. The topological polar surface area (TPSA) is 0 Å². The van der Waals surface area contributed by atoms with E-state index in [1.54, 1.807) is 0 Å². The van der Waals surface area contributed by atoms with Gasteiger partial charge in [0.1, 0.15) is 0 Å². The van der Waals surface area contributed by atoms with Gasteiger partial charge in [0, 0.05) is 9.52 Å². The van der Waals surface area contributed by atoms with Crippen molar-refractivity contribution in [3.8, 4) is 0 Å². The number of rotatable bonds is 2. The number of aryl methyl sites for hydroxylation is 2. The second-order valence-electron chi connectivity index (χ2n) is 8.87. The van der Waals surface area contributed by atoms with Crippen LogP contribution in [0, 0.1) is 0 Å². The van der Waals surface area contributed by atoms with Crippen LogP contribution in [0.2, 0.25) is 13.1 Å². The van der Waals surface area contributed by atoms with Crippen molar-refractivity contribution in [2.45, 2.75) is 92.2 Å². The summed E-state index contributed by atoms with van der Waals surface area (Å²) in [4.78, 5) is 0. The standard InChI is InChI=1S/2C11H17.C2H7Si.2ClH.Zr/c2*1-5-9-6-7-10(8-9)11(2,3)4;1-3-2;;;/h2*6-8H,5H2,1-4H3;3H,1-2H3;2*1H;/q2*-1;;;;+4/p-2. The first-order chi connectivity index (χ1) is 12.9. The van der Waals surface area contributed by atoms with Crippen LogP contribution in [-0.2, 0) is 44.5 Å². The number of hydrogen-bond donors (Lipinski definition) is 0. The predicted octanol–water partition coefficient (Wildman–Crippen LogP) is 8.43. The molecule has 0 aliphatic heterocycles. The first-order valence-electron chi connectivity index (χ1n) is 10.1. The van der Waals surface area contributed by atoms with Crippen molar-refractivity contribution in [1.82, 2.24) is 0 Å². The molecule has 2 aromatic carbocycles. The Kier molecular flexibility index (Phi) is 17.6. The van der Waals surface area contributed by atoms with E-state index < -0.39 is 20.8 Å². The maximum atomic E-state index is 4.93. The fourth-order valence-electron chi connectivity index (χ4n) is 2.36. The molecule has 0 aliphatic rings. The van der Waals surface area contributed by atoms with Gasteiger partial charge in [0.15, 0.2) is 0 Å². The number of hydrogen-bond acceptors (Lipinski definition) is 0. The molecule has 28 heavy (non-hydrogen) atoms. The molecule has 1 radical (unpaired) electrons. The van der Waals surface area contributed by atoms with Crippen molar-refractivity contribution in [2.24, 2.45) is 0 Å². The van der Waals surface area contributed by atoms with Crippen molar-refractivity contribution in [1.29, 1.82) is 0 Å². The van der Waals surface area contributed by atoms with Crippen molar-refractivity contribution in [3.05, 3.63) is 58.7 Å². The summed E-state index contributed by atoms with van der Waals surface area (Å²) in [5.74, 6) is 0. The molecule has 0 saturated heterocycles. The van der Waals surface area contributed by atoms with Crippen LogP contribution >= 0.6 is 17.0 Å². The average molecular weight is 520 g/mol. The molecule has 0 saturated carbocycles. The van der Waals surface area contributed by atoms with E-state index in [-0.39, 0.29) is 0 Å². The van der Waals surface area contributed by atoms with E-state index >= 15 is 0 Å². The van der Waals surface area contributed by atoms with Crippen LogP contribution in [0.25, 0.3) is 0 Å². The van der Waals surface area contributed by atoms with Gasteiger partial charge in [-0.05, 0) is 0 Å². The summed E-state index contributed by atoms with van der Waals surface area (Å²) in [7, 11) is 10.6. The van der Waals surface area contributed by atoms with Crippen LogP contribution in [-0.4, -0.2) is 9.52 Å². The fourth-order valence-corrected chi connectivity index (χ4v) is 2.36. The molecule has 159 valence electrons. The Morgan fingerprint density at radius 1 is 0.786 bits per heavy atom. The Balaban J connectivity index is 0. The summed E-state index contributed by atoms with van der Waals surface area (Å²) in [6.07, 6.45) is 2.30. The van der Waals surface area contributed by atoms with E-state index in [1.165, 1.54) is 22.3 Å². The molecule has 0 amide bonds. The molecular weight excluding hydrogens is 478 g/mol. The molecule has 0 bridgehead atoms. The maximum absolute atomic E-state index is 4.93. The SMILES string of the molecule is CCc1cc(C(C)(C)C)c[cH-]1.CCc1cc(C(C)(C)C)c[cH-]1.C[SiH]C.[Cl][Zr+2][Cl]. The summed E-state index contributed by atoms with van der Waals surface area (Å²) in [6, 6.07) is 13.5. The summed E-state index contributed by atoms with van der Waals surface area (Å²) < 4.78 is 0. The Hall–Kier alpha value is 0.380. The van der Waals surface area contributed by atoms with Gasteiger partial charge >= 0.3 is 37.9 Å². The summed E-state index contributed by atoms with van der Waals surface area (Å²) in [5, 5.41) is 0.